The normalized spacial score (nSPS) is 12.7. The SMILES string of the molecule is CC(C)(C)[Si](C)(C)OCCOCn1cnc2c(NCCO)nc(N)nc21. The molecule has 0 radical (unpaired) electrons. The highest BCUT2D eigenvalue weighted by molar-refractivity contribution is 6.74. The second-order valence-corrected chi connectivity index (χ2v) is 12.4. The monoisotopic (exact) mass is 382 g/mol. The van der Waals surface area contributed by atoms with Crippen LogP contribution in [0.2, 0.25) is 18.1 Å². The molecule has 0 aliphatic heterocycles. The molecule has 0 saturated heterocycles. The fourth-order valence-electron chi connectivity index (χ4n) is 2.09. The highest BCUT2D eigenvalue weighted by Gasteiger charge is 2.36. The Morgan fingerprint density at radius 1 is 1.27 bits per heavy atom. The van der Waals surface area contributed by atoms with Crippen LogP contribution >= 0.6 is 0 Å². The number of imidazole rings is 1. The van der Waals surface area contributed by atoms with E-state index in [1.54, 1.807) is 10.9 Å². The Morgan fingerprint density at radius 2 is 2.00 bits per heavy atom. The third-order valence-corrected chi connectivity index (χ3v) is 9.15. The number of ether oxygens (including phenoxy) is 1. The van der Waals surface area contributed by atoms with Crippen LogP contribution in [0.1, 0.15) is 20.8 Å². The van der Waals surface area contributed by atoms with Gasteiger partial charge in [-0.15, -0.1) is 0 Å². The molecule has 2 aromatic rings. The zero-order valence-electron chi connectivity index (χ0n) is 16.2. The maximum absolute atomic E-state index is 8.96. The zero-order valence-corrected chi connectivity index (χ0v) is 17.2. The molecule has 2 rings (SSSR count). The number of nitrogens with one attached hydrogen (secondary N) is 1. The summed E-state index contributed by atoms with van der Waals surface area (Å²) in [6, 6.07) is 0. The third kappa shape index (κ3) is 4.91. The van der Waals surface area contributed by atoms with Gasteiger partial charge in [0.15, 0.2) is 25.3 Å². The first-order chi connectivity index (χ1) is 12.2. The van der Waals surface area contributed by atoms with Crippen LogP contribution in [0.25, 0.3) is 11.2 Å². The van der Waals surface area contributed by atoms with E-state index >= 15 is 0 Å². The van der Waals surface area contributed by atoms with E-state index in [0.717, 1.165) is 0 Å². The summed E-state index contributed by atoms with van der Waals surface area (Å²) in [5, 5.41) is 12.1. The molecular formula is C16H30N6O3Si. The Balaban J connectivity index is 1.94. The second kappa shape index (κ2) is 8.29. The minimum Gasteiger partial charge on any atom is -0.414 e. The van der Waals surface area contributed by atoms with Crippen molar-refractivity contribution in [2.75, 3.05) is 37.4 Å². The number of nitrogens with zero attached hydrogens (tertiary/aromatic N) is 4. The quantitative estimate of drug-likeness (QED) is 0.443. The van der Waals surface area contributed by atoms with Crippen molar-refractivity contribution in [2.45, 2.75) is 45.6 Å². The molecule has 4 N–H and O–H groups in total. The van der Waals surface area contributed by atoms with Gasteiger partial charge in [0.1, 0.15) is 6.73 Å². The lowest BCUT2D eigenvalue weighted by atomic mass is 10.2. The van der Waals surface area contributed by atoms with Crippen molar-refractivity contribution in [3.63, 3.8) is 0 Å². The van der Waals surface area contributed by atoms with Gasteiger partial charge < -0.3 is 25.3 Å². The third-order valence-electron chi connectivity index (χ3n) is 4.61. The van der Waals surface area contributed by atoms with Gasteiger partial charge in [0.05, 0.1) is 26.1 Å². The van der Waals surface area contributed by atoms with Crippen LogP contribution in [0.3, 0.4) is 0 Å². The number of hydrogen-bond acceptors (Lipinski definition) is 8. The number of nitrogens with two attached hydrogens (primary N) is 1. The molecule has 0 aliphatic rings. The van der Waals surface area contributed by atoms with E-state index in [0.29, 0.717) is 43.5 Å². The van der Waals surface area contributed by atoms with Crippen molar-refractivity contribution >= 4 is 31.2 Å². The van der Waals surface area contributed by atoms with Crippen molar-refractivity contribution in [3.05, 3.63) is 6.33 Å². The fourth-order valence-corrected chi connectivity index (χ4v) is 3.11. The fraction of sp³-hybridized carbons (Fsp3) is 0.688. The van der Waals surface area contributed by atoms with Gasteiger partial charge in [0.25, 0.3) is 0 Å². The topological polar surface area (TPSA) is 120 Å². The van der Waals surface area contributed by atoms with Crippen molar-refractivity contribution in [2.24, 2.45) is 0 Å². The smallest absolute Gasteiger partial charge is 0.224 e. The number of rotatable bonds is 9. The Kier molecular flexibility index (Phi) is 6.56. The van der Waals surface area contributed by atoms with Crippen LogP contribution in [-0.2, 0) is 15.9 Å². The molecule has 0 fully saturated rings. The zero-order chi connectivity index (χ0) is 19.4. The summed E-state index contributed by atoms with van der Waals surface area (Å²) in [5.41, 5.74) is 6.95. The first-order valence-electron chi connectivity index (χ1n) is 8.70. The van der Waals surface area contributed by atoms with Crippen molar-refractivity contribution in [3.8, 4) is 0 Å². The van der Waals surface area contributed by atoms with Crippen molar-refractivity contribution in [1.82, 2.24) is 19.5 Å². The van der Waals surface area contributed by atoms with E-state index in [-0.39, 0.29) is 17.6 Å². The number of aliphatic hydroxyl groups excluding tert-OH is 1. The van der Waals surface area contributed by atoms with Gasteiger partial charge in [-0.2, -0.15) is 9.97 Å². The molecule has 0 atom stereocenters. The number of aromatic nitrogens is 4. The van der Waals surface area contributed by atoms with Gasteiger partial charge in [-0.25, -0.2) is 4.98 Å². The average molecular weight is 383 g/mol. The molecule has 146 valence electrons. The Hall–Kier alpha value is -1.75. The molecule has 10 heteroatoms. The Labute approximate surface area is 155 Å². The minimum atomic E-state index is -1.76. The summed E-state index contributed by atoms with van der Waals surface area (Å²) in [6.07, 6.45) is 1.64. The average Bonchev–Trinajstić information content (AvgIpc) is 2.94. The molecule has 0 unspecified atom stereocenters. The maximum Gasteiger partial charge on any atom is 0.224 e. The number of hydrogen-bond donors (Lipinski definition) is 3. The predicted octanol–water partition coefficient (Wildman–Crippen LogP) is 1.81. The van der Waals surface area contributed by atoms with Crippen LogP contribution in [0, 0.1) is 0 Å². The van der Waals surface area contributed by atoms with Gasteiger partial charge >= 0.3 is 0 Å². The molecule has 9 nitrogen and oxygen atoms in total. The molecule has 0 aromatic carbocycles. The largest absolute Gasteiger partial charge is 0.414 e. The van der Waals surface area contributed by atoms with E-state index in [9.17, 15) is 0 Å². The van der Waals surface area contributed by atoms with Crippen molar-refractivity contribution in [1.29, 1.82) is 0 Å². The van der Waals surface area contributed by atoms with Crippen LogP contribution in [0.15, 0.2) is 6.33 Å². The van der Waals surface area contributed by atoms with Crippen molar-refractivity contribution < 1.29 is 14.3 Å². The highest BCUT2D eigenvalue weighted by atomic mass is 28.4. The number of nitrogen functional groups attached to an aromatic ring is 1. The lowest BCUT2D eigenvalue weighted by Crippen LogP contribution is -2.41. The summed E-state index contributed by atoms with van der Waals surface area (Å²) in [5.74, 6) is 0.641. The molecule has 2 heterocycles. The van der Waals surface area contributed by atoms with Gasteiger partial charge in [-0.3, -0.25) is 4.57 Å². The minimum absolute atomic E-state index is 0.0105. The molecule has 0 spiro atoms. The predicted molar refractivity (Wildman–Crippen MR) is 104 cm³/mol. The maximum atomic E-state index is 8.96. The lowest BCUT2D eigenvalue weighted by Gasteiger charge is -2.36. The summed E-state index contributed by atoms with van der Waals surface area (Å²) in [6.45, 7) is 12.8. The number of fused-ring (bicyclic) bond motifs is 1. The van der Waals surface area contributed by atoms with Gasteiger partial charge in [0.2, 0.25) is 5.95 Å². The summed E-state index contributed by atoms with van der Waals surface area (Å²) in [4.78, 5) is 12.7. The Bertz CT molecular complexity index is 729. The van der Waals surface area contributed by atoms with Crippen LogP contribution in [-0.4, -0.2) is 59.3 Å². The molecule has 2 aromatic heterocycles. The van der Waals surface area contributed by atoms with Gasteiger partial charge in [-0.05, 0) is 18.1 Å². The second-order valence-electron chi connectivity index (χ2n) is 7.61. The van der Waals surface area contributed by atoms with Crippen LogP contribution in [0.4, 0.5) is 11.8 Å². The Morgan fingerprint density at radius 3 is 2.65 bits per heavy atom. The van der Waals surface area contributed by atoms with E-state index in [4.69, 9.17) is 20.0 Å². The van der Waals surface area contributed by atoms with Crippen LogP contribution in [0.5, 0.6) is 0 Å². The molecular weight excluding hydrogens is 352 g/mol. The standard InChI is InChI=1S/C16H30N6O3Si/c1-16(2,3)26(4,5)25-9-8-24-11-22-10-19-12-13(18-6-7-23)20-15(17)21-14(12)22/h10,23H,6-9,11H2,1-5H3,(H3,17,18,20,21). The van der Waals surface area contributed by atoms with E-state index in [1.807, 2.05) is 0 Å². The highest BCUT2D eigenvalue weighted by Crippen LogP contribution is 2.36. The summed E-state index contributed by atoms with van der Waals surface area (Å²) >= 11 is 0. The van der Waals surface area contributed by atoms with Gasteiger partial charge in [0, 0.05) is 6.54 Å². The van der Waals surface area contributed by atoms with E-state index in [1.165, 1.54) is 0 Å². The molecule has 0 amide bonds. The van der Waals surface area contributed by atoms with Crippen LogP contribution < -0.4 is 11.1 Å². The lowest BCUT2D eigenvalue weighted by molar-refractivity contribution is 0.0525. The number of aliphatic hydroxyl groups is 1. The van der Waals surface area contributed by atoms with E-state index in [2.05, 4.69) is 54.1 Å². The molecule has 26 heavy (non-hydrogen) atoms. The molecule has 0 bridgehead atoms. The van der Waals surface area contributed by atoms with E-state index < -0.39 is 8.32 Å². The first kappa shape index (κ1) is 20.6. The summed E-state index contributed by atoms with van der Waals surface area (Å²) < 4.78 is 13.6. The molecule has 0 saturated carbocycles. The summed E-state index contributed by atoms with van der Waals surface area (Å²) in [7, 11) is -1.76. The number of anilines is 2. The first-order valence-corrected chi connectivity index (χ1v) is 11.6. The molecule has 0 aliphatic carbocycles. The van der Waals surface area contributed by atoms with Gasteiger partial charge in [-0.1, -0.05) is 20.8 Å².